The summed E-state index contributed by atoms with van der Waals surface area (Å²) in [7, 11) is 0. The first-order chi connectivity index (χ1) is 21.5. The van der Waals surface area contributed by atoms with Crippen molar-refractivity contribution in [3.63, 3.8) is 0 Å². The largest absolute Gasteiger partial charge is 0.350 e. The van der Waals surface area contributed by atoms with Crippen molar-refractivity contribution in [1.29, 1.82) is 0 Å². The lowest BCUT2D eigenvalue weighted by atomic mass is 9.73. The minimum absolute atomic E-state index is 0.0289. The highest BCUT2D eigenvalue weighted by atomic mass is 35.5. The molecule has 10 nitrogen and oxygen atoms in total. The standard InChI is InChI=1S/C33H60ClFN8O2/c1-4-33(3)11-6-7-23(35)20-41(5-2)27(17-33)28(30(36)37)31(44)39-26-19-38-18-25(34)29(26)42-13-8-22(9-14-42)32(45)43-16-15-40-12-10-24(43)21-40/h22-30,38H,4-21,36-37H2,1-3H3,(H,39,44). The third-order valence-electron chi connectivity index (χ3n) is 12.0. The van der Waals surface area contributed by atoms with Crippen molar-refractivity contribution < 1.29 is 14.0 Å². The quantitative estimate of drug-likeness (QED) is 0.230. The van der Waals surface area contributed by atoms with E-state index in [1.54, 1.807) is 0 Å². The number of carbonyl (C=O) groups is 2. The van der Waals surface area contributed by atoms with Gasteiger partial charge < -0.3 is 27.0 Å². The zero-order chi connectivity index (χ0) is 32.3. The summed E-state index contributed by atoms with van der Waals surface area (Å²) in [5, 5.41) is 6.56. The van der Waals surface area contributed by atoms with E-state index in [0.29, 0.717) is 44.5 Å². The van der Waals surface area contributed by atoms with Crippen molar-refractivity contribution in [3.8, 4) is 0 Å². The molecule has 5 heterocycles. The van der Waals surface area contributed by atoms with Crippen LogP contribution in [0.1, 0.15) is 72.1 Å². The molecule has 0 aromatic carbocycles. The van der Waals surface area contributed by atoms with Gasteiger partial charge in [-0.15, -0.1) is 11.6 Å². The lowest BCUT2D eigenvalue weighted by Crippen LogP contribution is -2.68. The zero-order valence-corrected chi connectivity index (χ0v) is 28.7. The first kappa shape index (κ1) is 35.2. The van der Waals surface area contributed by atoms with Crippen LogP contribution in [0.5, 0.6) is 0 Å². The Labute approximate surface area is 275 Å². The van der Waals surface area contributed by atoms with Gasteiger partial charge in [-0.1, -0.05) is 27.2 Å². The number of rotatable bonds is 8. The lowest BCUT2D eigenvalue weighted by molar-refractivity contribution is -0.140. The number of piperazine rings is 1. The van der Waals surface area contributed by atoms with Crippen LogP contribution >= 0.6 is 11.6 Å². The highest BCUT2D eigenvalue weighted by molar-refractivity contribution is 6.21. The normalized spacial score (nSPS) is 38.4. The maximum atomic E-state index is 15.1. The van der Waals surface area contributed by atoms with Gasteiger partial charge in [0, 0.05) is 69.9 Å². The number of halogens is 2. The molecule has 12 heteroatoms. The Morgan fingerprint density at radius 3 is 2.49 bits per heavy atom. The molecular weight excluding hydrogens is 595 g/mol. The number of amides is 2. The molecule has 5 rings (SSSR count). The molecule has 2 bridgehead atoms. The second kappa shape index (κ2) is 15.4. The molecule has 258 valence electrons. The van der Waals surface area contributed by atoms with Crippen LogP contribution in [0.2, 0.25) is 0 Å². The maximum Gasteiger partial charge on any atom is 0.227 e. The van der Waals surface area contributed by atoms with Gasteiger partial charge in [0.2, 0.25) is 11.8 Å². The van der Waals surface area contributed by atoms with E-state index in [4.69, 9.17) is 23.1 Å². The number of fused-ring (bicyclic) bond motifs is 2. The number of nitrogens with two attached hydrogens (primary N) is 2. The summed E-state index contributed by atoms with van der Waals surface area (Å²) in [6, 6.07) is -0.188. The predicted octanol–water partition coefficient (Wildman–Crippen LogP) is 1.56. The summed E-state index contributed by atoms with van der Waals surface area (Å²) < 4.78 is 15.1. The van der Waals surface area contributed by atoms with Crippen molar-refractivity contribution in [1.82, 2.24) is 30.2 Å². The van der Waals surface area contributed by atoms with Gasteiger partial charge in [-0.05, 0) is 70.0 Å². The minimum Gasteiger partial charge on any atom is -0.350 e. The fourth-order valence-electron chi connectivity index (χ4n) is 9.05. The summed E-state index contributed by atoms with van der Waals surface area (Å²) in [6.45, 7) is 14.1. The molecule has 0 spiro atoms. The monoisotopic (exact) mass is 654 g/mol. The van der Waals surface area contributed by atoms with Gasteiger partial charge in [0.05, 0.1) is 23.5 Å². The average Bonchev–Trinajstić information content (AvgIpc) is 3.41. The van der Waals surface area contributed by atoms with E-state index in [-0.39, 0.29) is 40.7 Å². The van der Waals surface area contributed by atoms with Gasteiger partial charge in [-0.3, -0.25) is 24.3 Å². The number of nitrogens with zero attached hydrogens (tertiary/aromatic N) is 4. The second-order valence-electron chi connectivity index (χ2n) is 15.0. The molecule has 5 aliphatic rings. The molecule has 5 fully saturated rings. The molecule has 0 aromatic heterocycles. The molecule has 0 aliphatic carbocycles. The van der Waals surface area contributed by atoms with Crippen LogP contribution in [0.25, 0.3) is 0 Å². The maximum absolute atomic E-state index is 15.1. The molecular formula is C33H60ClFN8O2. The van der Waals surface area contributed by atoms with Gasteiger partial charge in [0.15, 0.2) is 0 Å². The molecule has 45 heavy (non-hydrogen) atoms. The third-order valence-corrected chi connectivity index (χ3v) is 12.4. The molecule has 0 radical (unpaired) electrons. The smallest absolute Gasteiger partial charge is 0.227 e. The average molecular weight is 655 g/mol. The van der Waals surface area contributed by atoms with Crippen LogP contribution in [0, 0.1) is 17.3 Å². The summed E-state index contributed by atoms with van der Waals surface area (Å²) >= 11 is 6.99. The van der Waals surface area contributed by atoms with Crippen LogP contribution in [-0.4, -0.2) is 139 Å². The van der Waals surface area contributed by atoms with Crippen molar-refractivity contribution in [2.45, 2.75) is 114 Å². The Bertz CT molecular complexity index is 1000. The predicted molar refractivity (Wildman–Crippen MR) is 178 cm³/mol. The van der Waals surface area contributed by atoms with Gasteiger partial charge in [-0.25, -0.2) is 4.39 Å². The van der Waals surface area contributed by atoms with E-state index in [9.17, 15) is 9.59 Å². The van der Waals surface area contributed by atoms with E-state index in [0.717, 1.165) is 84.2 Å². The van der Waals surface area contributed by atoms with Crippen LogP contribution < -0.4 is 22.1 Å². The summed E-state index contributed by atoms with van der Waals surface area (Å²) in [4.78, 5) is 36.9. The Morgan fingerprint density at radius 2 is 1.80 bits per heavy atom. The number of alkyl halides is 2. The van der Waals surface area contributed by atoms with E-state index in [1.165, 1.54) is 0 Å². The zero-order valence-electron chi connectivity index (χ0n) is 27.9. The van der Waals surface area contributed by atoms with Crippen molar-refractivity contribution in [2.75, 3.05) is 65.4 Å². The first-order valence-electron chi connectivity index (χ1n) is 17.8. The molecule has 0 saturated carbocycles. The van der Waals surface area contributed by atoms with E-state index < -0.39 is 18.3 Å². The Morgan fingerprint density at radius 1 is 1.04 bits per heavy atom. The van der Waals surface area contributed by atoms with Gasteiger partial charge in [-0.2, -0.15) is 0 Å². The third kappa shape index (κ3) is 8.15. The molecule has 0 aromatic rings. The second-order valence-corrected chi connectivity index (χ2v) is 15.5. The van der Waals surface area contributed by atoms with Crippen molar-refractivity contribution >= 4 is 23.4 Å². The number of nitrogens with one attached hydrogen (secondary N) is 2. The summed E-state index contributed by atoms with van der Waals surface area (Å²) in [6.07, 6.45) is 4.88. The van der Waals surface area contributed by atoms with E-state index in [2.05, 4.69) is 44.1 Å². The number of hydrogen-bond donors (Lipinski definition) is 4. The van der Waals surface area contributed by atoms with Crippen LogP contribution in [0.15, 0.2) is 0 Å². The van der Waals surface area contributed by atoms with Crippen LogP contribution in [-0.2, 0) is 9.59 Å². The molecule has 9 atom stereocenters. The Hall–Kier alpha value is -1.08. The van der Waals surface area contributed by atoms with E-state index in [1.807, 2.05) is 6.92 Å². The molecule has 2 amide bonds. The fraction of sp³-hybridized carbons (Fsp3) is 0.939. The molecule has 5 saturated heterocycles. The number of piperidine rings is 2. The first-order valence-corrected chi connectivity index (χ1v) is 18.3. The van der Waals surface area contributed by atoms with Gasteiger partial charge in [0.25, 0.3) is 0 Å². The topological polar surface area (TPSA) is 123 Å². The van der Waals surface area contributed by atoms with Gasteiger partial charge >= 0.3 is 0 Å². The highest BCUT2D eigenvalue weighted by Gasteiger charge is 2.45. The van der Waals surface area contributed by atoms with E-state index >= 15 is 4.39 Å². The number of carbonyl (C=O) groups excluding carboxylic acids is 2. The summed E-state index contributed by atoms with van der Waals surface area (Å²) in [5.74, 6) is -0.488. The van der Waals surface area contributed by atoms with Gasteiger partial charge in [0.1, 0.15) is 6.17 Å². The van der Waals surface area contributed by atoms with Crippen LogP contribution in [0.3, 0.4) is 0 Å². The minimum atomic E-state index is -0.939. The Balaban J connectivity index is 1.27. The fourth-order valence-corrected chi connectivity index (χ4v) is 9.50. The van der Waals surface area contributed by atoms with Crippen molar-refractivity contribution in [2.24, 2.45) is 28.7 Å². The molecule has 9 unspecified atom stereocenters. The van der Waals surface area contributed by atoms with Crippen LogP contribution in [0.4, 0.5) is 4.39 Å². The highest BCUT2D eigenvalue weighted by Crippen LogP contribution is 2.39. The van der Waals surface area contributed by atoms with Crippen molar-refractivity contribution in [3.05, 3.63) is 0 Å². The number of hydrogen-bond acceptors (Lipinski definition) is 8. The SMILES string of the molecule is CCN1CC(F)CCCC(C)(CC)CC1C(C(=O)NC1CNCC(Cl)C1N1CCC(C(=O)N2CCN3CCC2C3)CC1)C(N)N. The Kier molecular flexibility index (Phi) is 12.1. The summed E-state index contributed by atoms with van der Waals surface area (Å²) in [5.41, 5.74) is 12.8. The molecule has 5 aliphatic heterocycles. The number of likely N-dealkylation sites (tertiary alicyclic amines) is 1. The lowest BCUT2D eigenvalue weighted by Gasteiger charge is -2.47. The molecule has 6 N–H and O–H groups in total.